The van der Waals surface area contributed by atoms with Crippen LogP contribution >= 0.6 is 0 Å². The van der Waals surface area contributed by atoms with Gasteiger partial charge in [-0.25, -0.2) is 4.79 Å². The van der Waals surface area contributed by atoms with Gasteiger partial charge >= 0.3 is 5.97 Å². The van der Waals surface area contributed by atoms with Gasteiger partial charge in [0, 0.05) is 52.1 Å². The molecule has 0 aliphatic rings. The molecule has 0 saturated carbocycles. The first-order valence-electron chi connectivity index (χ1n) is 31.2. The number of carboxylic acid groups (broad SMARTS) is 1. The van der Waals surface area contributed by atoms with Crippen LogP contribution in [0, 0.1) is 0 Å². The number of carbonyl (C=O) groups is 10. The number of primary amides is 1. The van der Waals surface area contributed by atoms with Crippen LogP contribution in [0.2, 0.25) is 0 Å². The Balaban J connectivity index is 3.87. The van der Waals surface area contributed by atoms with Crippen molar-refractivity contribution in [1.82, 2.24) is 42.5 Å². The standard InChI is InChI=1S/C56H103N29O11/c57-23-5-4-15-33(82-49(94)40(30-31-12-2-1-3-13-31)85-42(87)32(58)14-6-24-72-51(60)61)43(88)78-34(16-7-25-73-52(62)63)44(89)79-36(18-9-27-75-54(66)67)46(91)83-38(21-22-41(59)86)48(93)81-35(17-8-26-74-53(64)65)45(90)80-37(19-10-28-76-55(68)69)47(92)84-39(50(95)96)20-11-29-77-56(70)71/h1-3,12-13,32-40H,4-11,14-30,57-58H2,(H2,59,86)(H,78,88)(H,79,89)(H,80,90)(H,81,93)(H,82,94)(H,83,91)(H,84,92)(H,85,87)(H,95,96)(H4,60,61,72)(H4,62,63,73)(H4,64,65,74)(H4,66,67,75)(H4,68,69,76)(H4,70,71,77)/t32-,33+,34+,35+,36-,37+,38+,39-,40+/m1/s1. The lowest BCUT2D eigenvalue weighted by molar-refractivity contribution is -0.142. The van der Waals surface area contributed by atoms with Crippen molar-refractivity contribution in [2.45, 2.75) is 170 Å². The van der Waals surface area contributed by atoms with Crippen LogP contribution < -0.4 is 129 Å². The minimum absolute atomic E-state index is 0.00966. The zero-order valence-corrected chi connectivity index (χ0v) is 54.1. The molecule has 0 heterocycles. The van der Waals surface area contributed by atoms with Crippen LogP contribution in [0.3, 0.4) is 0 Å². The number of aliphatic imine (C=N–C) groups is 6. The van der Waals surface area contributed by atoms with Crippen LogP contribution in [0.1, 0.15) is 115 Å². The SMILES string of the molecule is NCCCC[C@H](NC(=O)[C@H](Cc1ccccc1)NC(=O)[C@H](N)CCCN=C(N)N)C(=O)N[C@@H](CCCN=C(N)N)C(=O)N[C@H](CCCN=C(N)N)C(=O)N[C@@H](CCC(N)=O)C(=O)N[C@@H](CCCN=C(N)N)C(=O)N[C@@H](CCCN=C(N)N)C(=O)N[C@H](CCCN=C(N)N)C(=O)O. The third-order valence-electron chi connectivity index (χ3n) is 14.0. The molecule has 40 heteroatoms. The monoisotopic (exact) mass is 1360 g/mol. The second-order valence-electron chi connectivity index (χ2n) is 22.1. The van der Waals surface area contributed by atoms with Crippen LogP contribution in [0.25, 0.3) is 0 Å². The van der Waals surface area contributed by atoms with E-state index in [9.17, 15) is 53.1 Å². The van der Waals surface area contributed by atoms with Gasteiger partial charge in [0.15, 0.2) is 35.8 Å². The number of carbonyl (C=O) groups excluding carboxylic acids is 9. The molecule has 0 bridgehead atoms. The second kappa shape index (κ2) is 47.4. The molecule has 9 amide bonds. The molecule has 0 aliphatic heterocycles. The van der Waals surface area contributed by atoms with Gasteiger partial charge in [0.25, 0.3) is 0 Å². The summed E-state index contributed by atoms with van der Waals surface area (Å²) in [6.45, 7) is 0.240. The molecule has 96 heavy (non-hydrogen) atoms. The van der Waals surface area contributed by atoms with E-state index >= 15 is 0 Å². The van der Waals surface area contributed by atoms with Crippen molar-refractivity contribution >= 4 is 94.9 Å². The molecule has 0 aromatic heterocycles. The van der Waals surface area contributed by atoms with Crippen molar-refractivity contribution in [2.75, 3.05) is 45.8 Å². The Morgan fingerprint density at radius 3 is 0.885 bits per heavy atom. The topological polar surface area (TPSA) is 752 Å². The van der Waals surface area contributed by atoms with Crippen molar-refractivity contribution in [3.63, 3.8) is 0 Å². The molecule has 0 saturated heterocycles. The van der Waals surface area contributed by atoms with Gasteiger partial charge < -0.3 is 134 Å². The Kier molecular flexibility index (Phi) is 41.2. The maximum Gasteiger partial charge on any atom is 0.326 e. The molecule has 9 atom stereocenters. The van der Waals surface area contributed by atoms with Crippen LogP contribution in [-0.2, 0) is 54.4 Å². The summed E-state index contributed by atoms with van der Waals surface area (Å²) in [5.74, 6) is -11.2. The van der Waals surface area contributed by atoms with Gasteiger partial charge in [-0.15, -0.1) is 0 Å². The molecule has 0 unspecified atom stereocenters. The van der Waals surface area contributed by atoms with E-state index in [4.69, 9.17) is 86.0 Å². The first-order chi connectivity index (χ1) is 45.4. The minimum Gasteiger partial charge on any atom is -0.480 e. The highest BCUT2D eigenvalue weighted by Gasteiger charge is 2.35. The molecule has 40 nitrogen and oxygen atoms in total. The number of rotatable bonds is 50. The van der Waals surface area contributed by atoms with E-state index in [0.717, 1.165) is 0 Å². The fraction of sp³-hybridized carbons (Fsp3) is 0.607. The maximum absolute atomic E-state index is 14.7. The average Bonchev–Trinajstić information content (AvgIpc) is 3.35. The first-order valence-corrected chi connectivity index (χ1v) is 31.2. The van der Waals surface area contributed by atoms with Gasteiger partial charge in [-0.2, -0.15) is 0 Å². The maximum atomic E-state index is 14.7. The van der Waals surface area contributed by atoms with Crippen molar-refractivity contribution in [1.29, 1.82) is 0 Å². The van der Waals surface area contributed by atoms with Crippen molar-refractivity contribution in [2.24, 2.45) is 116 Å². The van der Waals surface area contributed by atoms with Crippen LogP contribution in [-0.4, -0.2) is 200 Å². The number of aliphatic carboxylic acids is 1. The summed E-state index contributed by atoms with van der Waals surface area (Å²) in [5, 5.41) is 30.7. The Labute approximate surface area is 556 Å². The molecule has 0 radical (unpaired) electrons. The third kappa shape index (κ3) is 38.5. The number of amides is 9. The van der Waals surface area contributed by atoms with Gasteiger partial charge in [0.2, 0.25) is 53.2 Å². The average molecular weight is 1360 g/mol. The predicted octanol–water partition coefficient (Wildman–Crippen LogP) is -9.76. The number of nitrogens with zero attached hydrogens (tertiary/aromatic N) is 6. The summed E-state index contributed by atoms with van der Waals surface area (Å²) in [6.07, 6.45) is -0.481. The first kappa shape index (κ1) is 83.5. The van der Waals surface area contributed by atoms with Gasteiger partial charge in [-0.3, -0.25) is 73.1 Å². The van der Waals surface area contributed by atoms with Gasteiger partial charge in [0.1, 0.15) is 48.3 Å². The lowest BCUT2D eigenvalue weighted by Gasteiger charge is -2.28. The predicted molar refractivity (Wildman–Crippen MR) is 362 cm³/mol. The molecule has 0 fully saturated rings. The summed E-state index contributed by atoms with van der Waals surface area (Å²) in [7, 11) is 0. The van der Waals surface area contributed by atoms with Crippen molar-refractivity contribution in [3.8, 4) is 0 Å². The van der Waals surface area contributed by atoms with Gasteiger partial charge in [0.05, 0.1) is 6.04 Å². The largest absolute Gasteiger partial charge is 0.480 e. The van der Waals surface area contributed by atoms with Crippen LogP contribution in [0.4, 0.5) is 0 Å². The number of unbranched alkanes of at least 4 members (excludes halogenated alkanes) is 1. The smallest absolute Gasteiger partial charge is 0.326 e. The summed E-state index contributed by atoms with van der Waals surface area (Å²) >= 11 is 0. The van der Waals surface area contributed by atoms with E-state index in [-0.39, 0.29) is 165 Å². The van der Waals surface area contributed by atoms with E-state index in [2.05, 4.69) is 72.5 Å². The summed E-state index contributed by atoms with van der Waals surface area (Å²) in [6, 6.07) is -4.31. The van der Waals surface area contributed by atoms with Crippen molar-refractivity contribution in [3.05, 3.63) is 35.9 Å². The molecule has 1 aromatic carbocycles. The van der Waals surface area contributed by atoms with Crippen LogP contribution in [0.15, 0.2) is 60.3 Å². The molecule has 39 N–H and O–H groups in total. The van der Waals surface area contributed by atoms with Gasteiger partial charge in [-0.1, -0.05) is 30.3 Å². The molecule has 538 valence electrons. The number of carboxylic acids is 1. The quantitative estimate of drug-likeness (QED) is 0.0164. The van der Waals surface area contributed by atoms with E-state index in [1.807, 2.05) is 0 Å². The highest BCUT2D eigenvalue weighted by Crippen LogP contribution is 2.13. The number of benzene rings is 1. The highest BCUT2D eigenvalue weighted by molar-refractivity contribution is 5.98. The minimum atomic E-state index is -1.70. The van der Waals surface area contributed by atoms with E-state index in [1.165, 1.54) is 0 Å². The number of guanidine groups is 6. The number of nitrogens with two attached hydrogens (primary N) is 15. The zero-order chi connectivity index (χ0) is 72.1. The third-order valence-corrected chi connectivity index (χ3v) is 14.0. The number of hydrogen-bond acceptors (Lipinski definition) is 18. The summed E-state index contributed by atoms with van der Waals surface area (Å²) in [5.41, 5.74) is 84.2. The van der Waals surface area contributed by atoms with E-state index < -0.39 is 126 Å². The van der Waals surface area contributed by atoms with Gasteiger partial charge in [-0.05, 0) is 115 Å². The highest BCUT2D eigenvalue weighted by atomic mass is 16.4. The Morgan fingerprint density at radius 2 is 0.594 bits per heavy atom. The summed E-state index contributed by atoms with van der Waals surface area (Å²) < 4.78 is 0. The number of nitrogens with one attached hydrogen (secondary N) is 8. The van der Waals surface area contributed by atoms with Crippen molar-refractivity contribution < 1.29 is 53.1 Å². The Morgan fingerprint density at radius 1 is 0.333 bits per heavy atom. The zero-order valence-electron chi connectivity index (χ0n) is 54.1. The van der Waals surface area contributed by atoms with E-state index in [1.54, 1.807) is 30.3 Å². The molecule has 1 rings (SSSR count). The molecular formula is C56H103N29O11. The van der Waals surface area contributed by atoms with E-state index in [0.29, 0.717) is 24.8 Å². The Hall–Kier alpha value is -10.5. The second-order valence-corrected chi connectivity index (χ2v) is 22.1. The fourth-order valence-electron chi connectivity index (χ4n) is 9.06. The molecule has 0 spiro atoms. The molecule has 1 aromatic rings. The Bertz CT molecular complexity index is 2820. The normalized spacial score (nSPS) is 13.5. The lowest BCUT2D eigenvalue weighted by Crippen LogP contribution is -2.60. The molecular weight excluding hydrogens is 1250 g/mol. The number of hydrogen-bond donors (Lipinski definition) is 24. The summed E-state index contributed by atoms with van der Waals surface area (Å²) in [4.78, 5) is 163. The lowest BCUT2D eigenvalue weighted by atomic mass is 10.0. The molecule has 0 aliphatic carbocycles. The van der Waals surface area contributed by atoms with Crippen LogP contribution in [0.5, 0.6) is 0 Å². The fourth-order valence-corrected chi connectivity index (χ4v) is 9.06.